The number of nitrogens with one attached hydrogen (secondary N) is 2. The maximum atomic E-state index is 12.4. The molecule has 2 N–H and O–H groups in total. The number of hydrogen-bond acceptors (Lipinski definition) is 4. The van der Waals surface area contributed by atoms with Crippen LogP contribution in [0, 0.1) is 0 Å². The van der Waals surface area contributed by atoms with Gasteiger partial charge in [-0.1, -0.05) is 64.9 Å². The van der Waals surface area contributed by atoms with E-state index in [2.05, 4.69) is 61.5 Å². The van der Waals surface area contributed by atoms with Gasteiger partial charge in [-0.05, 0) is 81.5 Å². The summed E-state index contributed by atoms with van der Waals surface area (Å²) >= 11 is 8.50. The van der Waals surface area contributed by atoms with Gasteiger partial charge in [0.2, 0.25) is 0 Å². The molecule has 0 aromatic heterocycles. The molecule has 4 rings (SSSR count). The highest BCUT2D eigenvalue weighted by Gasteiger charge is 2.27. The summed E-state index contributed by atoms with van der Waals surface area (Å²) in [5.74, 6) is 0.679. The maximum Gasteiger partial charge on any atom is 0.260 e. The molecule has 7 heteroatoms. The van der Waals surface area contributed by atoms with Gasteiger partial charge in [0, 0.05) is 10.2 Å². The van der Waals surface area contributed by atoms with Crippen LogP contribution in [-0.2, 0) is 17.8 Å². The predicted molar refractivity (Wildman–Crippen MR) is 140 cm³/mol. The van der Waals surface area contributed by atoms with Crippen LogP contribution < -0.4 is 15.4 Å². The summed E-state index contributed by atoms with van der Waals surface area (Å²) in [5.41, 5.74) is 4.09. The van der Waals surface area contributed by atoms with Gasteiger partial charge in [-0.15, -0.1) is 0 Å². The lowest BCUT2D eigenvalue weighted by Gasteiger charge is -2.12. The van der Waals surface area contributed by atoms with E-state index in [1.807, 2.05) is 60.7 Å². The van der Waals surface area contributed by atoms with E-state index < -0.39 is 0 Å². The van der Waals surface area contributed by atoms with Crippen molar-refractivity contribution < 1.29 is 9.53 Å². The smallest absolute Gasteiger partial charge is 0.260 e. The lowest BCUT2D eigenvalue weighted by atomic mass is 10.1. The van der Waals surface area contributed by atoms with Crippen molar-refractivity contribution in [3.05, 3.63) is 97.3 Å². The normalized spacial score (nSPS) is 16.8. The number of halogens is 2. The zero-order valence-electron chi connectivity index (χ0n) is 17.4. The molecule has 1 amide bonds. The molecule has 1 aliphatic rings. The van der Waals surface area contributed by atoms with Crippen LogP contribution in [0.4, 0.5) is 5.69 Å². The van der Waals surface area contributed by atoms with Gasteiger partial charge in [-0.3, -0.25) is 4.79 Å². The van der Waals surface area contributed by atoms with Crippen LogP contribution in [0.5, 0.6) is 5.75 Å². The van der Waals surface area contributed by atoms with Gasteiger partial charge in [0.15, 0.2) is 5.50 Å². The second-order valence-electron chi connectivity index (χ2n) is 7.28. The molecule has 1 aliphatic heterocycles. The standard InChI is InChI=1S/C25H22Br2N2O2S/c1-2-16-5-10-20(11-6-16)28-25-29-24(30)23(32-25)14-18-7-12-22(21(27)13-18)31-15-17-3-8-19(26)9-4-17/h3-14,25,28H,2,15H2,1H3,(H,29,30)/b23-14-/t25-/m0/s1. The zero-order chi connectivity index (χ0) is 22.5. The van der Waals surface area contributed by atoms with Gasteiger partial charge >= 0.3 is 0 Å². The summed E-state index contributed by atoms with van der Waals surface area (Å²) in [4.78, 5) is 13.1. The Bertz CT molecular complexity index is 1130. The van der Waals surface area contributed by atoms with Gasteiger partial charge < -0.3 is 15.4 Å². The predicted octanol–water partition coefficient (Wildman–Crippen LogP) is 6.95. The van der Waals surface area contributed by atoms with Crippen LogP contribution >= 0.6 is 43.6 Å². The zero-order valence-corrected chi connectivity index (χ0v) is 21.4. The summed E-state index contributed by atoms with van der Waals surface area (Å²) in [6, 6.07) is 22.1. The molecule has 1 saturated heterocycles. The number of carbonyl (C=O) groups excluding carboxylic acids is 1. The Balaban J connectivity index is 1.38. The van der Waals surface area contributed by atoms with Crippen molar-refractivity contribution in [3.63, 3.8) is 0 Å². The van der Waals surface area contributed by atoms with Gasteiger partial charge in [0.25, 0.3) is 5.91 Å². The van der Waals surface area contributed by atoms with Gasteiger partial charge in [-0.2, -0.15) is 0 Å². The first kappa shape index (κ1) is 23.0. The Hall–Kier alpha value is -2.22. The third kappa shape index (κ3) is 5.97. The number of hydrogen-bond donors (Lipinski definition) is 2. The minimum Gasteiger partial charge on any atom is -0.488 e. The molecule has 0 aliphatic carbocycles. The quantitative estimate of drug-likeness (QED) is 0.300. The second kappa shape index (κ2) is 10.6. The molecule has 32 heavy (non-hydrogen) atoms. The second-order valence-corrected chi connectivity index (χ2v) is 10.2. The molecule has 0 unspecified atom stereocenters. The number of ether oxygens (including phenoxy) is 1. The number of thioether (sulfide) groups is 1. The Morgan fingerprint density at radius 1 is 1.03 bits per heavy atom. The van der Waals surface area contributed by atoms with Crippen molar-refractivity contribution in [1.82, 2.24) is 5.32 Å². The Labute approximate surface area is 209 Å². The molecule has 3 aromatic rings. The number of carbonyl (C=O) groups is 1. The molecular formula is C25H22Br2N2O2S. The molecular weight excluding hydrogens is 552 g/mol. The molecule has 0 saturated carbocycles. The summed E-state index contributed by atoms with van der Waals surface area (Å²) in [6.45, 7) is 2.61. The van der Waals surface area contributed by atoms with E-state index in [1.54, 1.807) is 0 Å². The summed E-state index contributed by atoms with van der Waals surface area (Å²) in [6.07, 6.45) is 2.90. The molecule has 4 nitrogen and oxygen atoms in total. The lowest BCUT2D eigenvalue weighted by Crippen LogP contribution is -2.30. The van der Waals surface area contributed by atoms with E-state index in [4.69, 9.17) is 4.74 Å². The Morgan fingerprint density at radius 2 is 1.75 bits per heavy atom. The van der Waals surface area contributed by atoms with E-state index >= 15 is 0 Å². The SMILES string of the molecule is CCc1ccc(N[C@H]2NC(=O)/C(=C/c3ccc(OCc4ccc(Br)cc4)c(Br)c3)S2)cc1. The fourth-order valence-corrected chi connectivity index (χ4v) is 4.93. The van der Waals surface area contributed by atoms with E-state index in [9.17, 15) is 4.79 Å². The topological polar surface area (TPSA) is 50.4 Å². The summed E-state index contributed by atoms with van der Waals surface area (Å²) in [7, 11) is 0. The Morgan fingerprint density at radius 3 is 2.44 bits per heavy atom. The lowest BCUT2D eigenvalue weighted by molar-refractivity contribution is -0.116. The van der Waals surface area contributed by atoms with Gasteiger partial charge in [0.05, 0.1) is 9.38 Å². The van der Waals surface area contributed by atoms with E-state index in [-0.39, 0.29) is 11.4 Å². The molecule has 1 atom stereocenters. The minimum absolute atomic E-state index is 0.0793. The number of aryl methyl sites for hydroxylation is 1. The molecule has 1 heterocycles. The monoisotopic (exact) mass is 572 g/mol. The van der Waals surface area contributed by atoms with Crippen LogP contribution in [0.2, 0.25) is 0 Å². The summed E-state index contributed by atoms with van der Waals surface area (Å²) in [5, 5.41) is 6.33. The van der Waals surface area contributed by atoms with Gasteiger partial charge in [-0.25, -0.2) is 0 Å². The number of amides is 1. The highest BCUT2D eigenvalue weighted by atomic mass is 79.9. The molecule has 0 spiro atoms. The maximum absolute atomic E-state index is 12.4. The van der Waals surface area contributed by atoms with E-state index in [0.717, 1.165) is 37.9 Å². The van der Waals surface area contributed by atoms with Crippen LogP contribution in [-0.4, -0.2) is 11.4 Å². The van der Waals surface area contributed by atoms with Gasteiger partial charge in [0.1, 0.15) is 12.4 Å². The molecule has 0 radical (unpaired) electrons. The minimum atomic E-state index is -0.196. The number of rotatable bonds is 7. The Kier molecular flexibility index (Phi) is 7.60. The number of anilines is 1. The third-order valence-electron chi connectivity index (χ3n) is 4.95. The van der Waals surface area contributed by atoms with Crippen molar-refractivity contribution in [3.8, 4) is 5.75 Å². The highest BCUT2D eigenvalue weighted by molar-refractivity contribution is 9.10. The van der Waals surface area contributed by atoms with E-state index in [1.165, 1.54) is 17.3 Å². The van der Waals surface area contributed by atoms with Crippen LogP contribution in [0.3, 0.4) is 0 Å². The van der Waals surface area contributed by atoms with Crippen molar-refractivity contribution in [2.45, 2.75) is 25.4 Å². The fraction of sp³-hybridized carbons (Fsp3) is 0.160. The van der Waals surface area contributed by atoms with Crippen LogP contribution in [0.1, 0.15) is 23.6 Å². The van der Waals surface area contributed by atoms with Crippen molar-refractivity contribution in [1.29, 1.82) is 0 Å². The number of benzene rings is 3. The first-order chi connectivity index (χ1) is 15.5. The van der Waals surface area contributed by atoms with Crippen LogP contribution in [0.15, 0.2) is 80.6 Å². The average Bonchev–Trinajstić information content (AvgIpc) is 3.13. The van der Waals surface area contributed by atoms with E-state index in [0.29, 0.717) is 11.5 Å². The van der Waals surface area contributed by atoms with Crippen molar-refractivity contribution in [2.24, 2.45) is 0 Å². The van der Waals surface area contributed by atoms with Crippen molar-refractivity contribution >= 4 is 61.3 Å². The largest absolute Gasteiger partial charge is 0.488 e. The highest BCUT2D eigenvalue weighted by Crippen LogP contribution is 2.33. The molecule has 3 aromatic carbocycles. The fourth-order valence-electron chi connectivity index (χ4n) is 3.17. The average molecular weight is 574 g/mol. The first-order valence-corrected chi connectivity index (χ1v) is 12.7. The van der Waals surface area contributed by atoms with Crippen molar-refractivity contribution in [2.75, 3.05) is 5.32 Å². The molecule has 1 fully saturated rings. The molecule has 0 bridgehead atoms. The van der Waals surface area contributed by atoms with Crippen LogP contribution in [0.25, 0.3) is 6.08 Å². The third-order valence-corrected chi connectivity index (χ3v) is 7.13. The molecule has 164 valence electrons. The summed E-state index contributed by atoms with van der Waals surface area (Å²) < 4.78 is 7.82. The first-order valence-electron chi connectivity index (χ1n) is 10.2.